The highest BCUT2D eigenvalue weighted by atomic mass is 16.5. The summed E-state index contributed by atoms with van der Waals surface area (Å²) in [4.78, 5) is 4.19. The monoisotopic (exact) mass is 222 g/mol. The molecule has 0 amide bonds. The normalized spacial score (nSPS) is 24.0. The number of aromatic nitrogens is 1. The number of rotatable bonds is 4. The van der Waals surface area contributed by atoms with Gasteiger partial charge in [-0.3, -0.25) is 0 Å². The van der Waals surface area contributed by atoms with Gasteiger partial charge in [0.15, 0.2) is 0 Å². The number of nitrogens with zero attached hydrogens (tertiary/aromatic N) is 1. The lowest BCUT2D eigenvalue weighted by molar-refractivity contribution is 0.0955. The average Bonchev–Trinajstić information content (AvgIpc) is 2.18. The van der Waals surface area contributed by atoms with Gasteiger partial charge in [-0.05, 0) is 32.8 Å². The van der Waals surface area contributed by atoms with Gasteiger partial charge in [0.2, 0.25) is 5.88 Å². The minimum atomic E-state index is 0.165. The van der Waals surface area contributed by atoms with Crippen LogP contribution in [0.3, 0.4) is 0 Å². The molecule has 0 radical (unpaired) electrons. The fourth-order valence-corrected chi connectivity index (χ4v) is 1.65. The molecule has 0 atom stereocenters. The lowest BCUT2D eigenvalue weighted by Crippen LogP contribution is -2.43. The molecule has 4 nitrogen and oxygen atoms in total. The first-order valence-electron chi connectivity index (χ1n) is 5.68. The van der Waals surface area contributed by atoms with Crippen LogP contribution in [0.15, 0.2) is 18.3 Å². The largest absolute Gasteiger partial charge is 0.489 e. The predicted molar refractivity (Wildman–Crippen MR) is 61.6 cm³/mol. The van der Waals surface area contributed by atoms with E-state index in [2.05, 4.69) is 4.98 Å². The maximum atomic E-state index is 5.68. The predicted octanol–water partition coefficient (Wildman–Crippen LogP) is 1.74. The van der Waals surface area contributed by atoms with Crippen molar-refractivity contribution >= 4 is 0 Å². The first kappa shape index (κ1) is 11.2. The Bertz CT molecular complexity index is 331. The Balaban J connectivity index is 1.87. The molecular formula is C12H18N2O2. The molecule has 1 aromatic heterocycles. The fraction of sp³-hybridized carbons (Fsp3) is 0.583. The van der Waals surface area contributed by atoms with Crippen LogP contribution in [0.4, 0.5) is 0 Å². The van der Waals surface area contributed by atoms with Gasteiger partial charge in [0.1, 0.15) is 11.9 Å². The van der Waals surface area contributed by atoms with Gasteiger partial charge in [0, 0.05) is 12.1 Å². The molecule has 0 aromatic carbocycles. The first-order chi connectivity index (χ1) is 7.63. The molecule has 0 spiro atoms. The van der Waals surface area contributed by atoms with Crippen molar-refractivity contribution in [2.45, 2.75) is 44.9 Å². The van der Waals surface area contributed by atoms with Crippen molar-refractivity contribution in [3.05, 3.63) is 18.3 Å². The Morgan fingerprint density at radius 3 is 2.62 bits per heavy atom. The van der Waals surface area contributed by atoms with Gasteiger partial charge in [-0.25, -0.2) is 4.98 Å². The molecule has 1 heterocycles. The molecule has 0 aliphatic heterocycles. The Morgan fingerprint density at radius 2 is 2.12 bits per heavy atom. The molecule has 1 aliphatic carbocycles. The molecule has 1 aromatic rings. The van der Waals surface area contributed by atoms with E-state index in [1.165, 1.54) is 0 Å². The smallest absolute Gasteiger partial charge is 0.213 e. The van der Waals surface area contributed by atoms with E-state index < -0.39 is 0 Å². The summed E-state index contributed by atoms with van der Waals surface area (Å²) in [6.45, 7) is 3.97. The maximum Gasteiger partial charge on any atom is 0.213 e. The summed E-state index contributed by atoms with van der Waals surface area (Å²) >= 11 is 0. The van der Waals surface area contributed by atoms with Gasteiger partial charge in [0.05, 0.1) is 12.3 Å². The van der Waals surface area contributed by atoms with Crippen LogP contribution in [-0.4, -0.2) is 23.2 Å². The van der Waals surface area contributed by atoms with E-state index in [-0.39, 0.29) is 12.2 Å². The lowest BCUT2D eigenvalue weighted by Gasteiger charge is -2.32. The third-order valence-electron chi connectivity index (χ3n) is 2.50. The third-order valence-corrected chi connectivity index (χ3v) is 2.50. The van der Waals surface area contributed by atoms with E-state index in [0.717, 1.165) is 18.6 Å². The van der Waals surface area contributed by atoms with Crippen molar-refractivity contribution in [2.75, 3.05) is 0 Å². The Labute approximate surface area is 95.8 Å². The summed E-state index contributed by atoms with van der Waals surface area (Å²) in [5.74, 6) is 1.42. The fourth-order valence-electron chi connectivity index (χ4n) is 1.65. The van der Waals surface area contributed by atoms with Crippen molar-refractivity contribution < 1.29 is 9.47 Å². The number of hydrogen-bond acceptors (Lipinski definition) is 4. The zero-order valence-electron chi connectivity index (χ0n) is 9.72. The quantitative estimate of drug-likeness (QED) is 0.843. The Morgan fingerprint density at radius 1 is 1.38 bits per heavy atom. The van der Waals surface area contributed by atoms with E-state index >= 15 is 0 Å². The number of hydrogen-bond donors (Lipinski definition) is 1. The van der Waals surface area contributed by atoms with E-state index in [9.17, 15) is 0 Å². The standard InChI is InChI=1S/C12H18N2O2/c1-8(2)15-10-3-4-12(14-7-10)16-11-5-9(13)6-11/h3-4,7-9,11H,5-6,13H2,1-2H3. The maximum absolute atomic E-state index is 5.68. The zero-order chi connectivity index (χ0) is 11.5. The SMILES string of the molecule is CC(C)Oc1ccc(OC2CC(N)C2)nc1. The van der Waals surface area contributed by atoms with Crippen LogP contribution in [-0.2, 0) is 0 Å². The van der Waals surface area contributed by atoms with Crippen LogP contribution in [0.2, 0.25) is 0 Å². The van der Waals surface area contributed by atoms with E-state index in [1.54, 1.807) is 6.20 Å². The van der Waals surface area contributed by atoms with Crippen LogP contribution in [0.1, 0.15) is 26.7 Å². The minimum Gasteiger partial charge on any atom is -0.489 e. The van der Waals surface area contributed by atoms with Crippen molar-refractivity contribution in [3.63, 3.8) is 0 Å². The molecule has 1 saturated carbocycles. The van der Waals surface area contributed by atoms with E-state index in [1.807, 2.05) is 26.0 Å². The third kappa shape index (κ3) is 2.85. The molecule has 0 bridgehead atoms. The van der Waals surface area contributed by atoms with Crippen molar-refractivity contribution in [3.8, 4) is 11.6 Å². The lowest BCUT2D eigenvalue weighted by atomic mass is 9.90. The molecular weight excluding hydrogens is 204 g/mol. The van der Waals surface area contributed by atoms with Crippen LogP contribution >= 0.6 is 0 Å². The van der Waals surface area contributed by atoms with Gasteiger partial charge >= 0.3 is 0 Å². The van der Waals surface area contributed by atoms with Gasteiger partial charge in [-0.15, -0.1) is 0 Å². The average molecular weight is 222 g/mol. The van der Waals surface area contributed by atoms with Gasteiger partial charge in [-0.1, -0.05) is 0 Å². The van der Waals surface area contributed by atoms with Crippen molar-refractivity contribution in [1.82, 2.24) is 4.98 Å². The summed E-state index contributed by atoms with van der Waals surface area (Å²) in [5.41, 5.74) is 5.68. The van der Waals surface area contributed by atoms with Crippen LogP contribution in [0, 0.1) is 0 Å². The summed E-state index contributed by atoms with van der Waals surface area (Å²) in [5, 5.41) is 0. The summed E-state index contributed by atoms with van der Waals surface area (Å²) in [7, 11) is 0. The highest BCUT2D eigenvalue weighted by Gasteiger charge is 2.27. The van der Waals surface area contributed by atoms with Crippen LogP contribution in [0.25, 0.3) is 0 Å². The van der Waals surface area contributed by atoms with Gasteiger partial charge in [-0.2, -0.15) is 0 Å². The molecule has 88 valence electrons. The Kier molecular flexibility index (Phi) is 3.29. The second-order valence-corrected chi connectivity index (χ2v) is 4.47. The highest BCUT2D eigenvalue weighted by Crippen LogP contribution is 2.24. The highest BCUT2D eigenvalue weighted by molar-refractivity contribution is 5.23. The molecule has 1 aliphatic rings. The van der Waals surface area contributed by atoms with Crippen molar-refractivity contribution in [2.24, 2.45) is 5.73 Å². The number of ether oxygens (including phenoxy) is 2. The second-order valence-electron chi connectivity index (χ2n) is 4.47. The van der Waals surface area contributed by atoms with Crippen LogP contribution in [0.5, 0.6) is 11.6 Å². The summed E-state index contributed by atoms with van der Waals surface area (Å²) < 4.78 is 11.1. The van der Waals surface area contributed by atoms with E-state index in [4.69, 9.17) is 15.2 Å². The molecule has 2 N–H and O–H groups in total. The molecule has 1 fully saturated rings. The molecule has 2 rings (SSSR count). The molecule has 0 saturated heterocycles. The summed E-state index contributed by atoms with van der Waals surface area (Å²) in [6, 6.07) is 4.01. The number of nitrogens with two attached hydrogens (primary N) is 1. The zero-order valence-corrected chi connectivity index (χ0v) is 9.72. The first-order valence-corrected chi connectivity index (χ1v) is 5.68. The topological polar surface area (TPSA) is 57.4 Å². The summed E-state index contributed by atoms with van der Waals surface area (Å²) in [6.07, 6.45) is 3.93. The second kappa shape index (κ2) is 4.70. The van der Waals surface area contributed by atoms with Crippen LogP contribution < -0.4 is 15.2 Å². The van der Waals surface area contributed by atoms with Gasteiger partial charge < -0.3 is 15.2 Å². The van der Waals surface area contributed by atoms with Gasteiger partial charge in [0.25, 0.3) is 0 Å². The molecule has 16 heavy (non-hydrogen) atoms. The van der Waals surface area contributed by atoms with E-state index in [0.29, 0.717) is 11.9 Å². The molecule has 4 heteroatoms. The minimum absolute atomic E-state index is 0.165. The Hall–Kier alpha value is -1.29. The molecule has 0 unspecified atom stereocenters. The number of pyridine rings is 1. The van der Waals surface area contributed by atoms with Crippen molar-refractivity contribution in [1.29, 1.82) is 0 Å².